The molecular weight excluding hydrogens is 255 g/mol. The number of hydrogen-bond donors (Lipinski definition) is 1. The zero-order valence-corrected chi connectivity index (χ0v) is 9.94. The number of thioether (sulfide) groups is 1. The number of alkyl halides is 3. The Morgan fingerprint density at radius 1 is 1.47 bits per heavy atom. The lowest BCUT2D eigenvalue weighted by Gasteiger charge is -2.07. The number of nitrogens with zero attached hydrogens (tertiary/aromatic N) is 2. The van der Waals surface area contributed by atoms with E-state index in [4.69, 9.17) is 4.74 Å². The fourth-order valence-electron chi connectivity index (χ4n) is 0.985. The zero-order chi connectivity index (χ0) is 12.7. The Hall–Kier alpha value is -1.18. The van der Waals surface area contributed by atoms with E-state index in [0.29, 0.717) is 12.5 Å². The van der Waals surface area contributed by atoms with Crippen molar-refractivity contribution in [2.45, 2.75) is 12.4 Å². The highest BCUT2D eigenvalue weighted by molar-refractivity contribution is 8.00. The molecule has 0 aliphatic carbocycles. The highest BCUT2D eigenvalue weighted by atomic mass is 32.2. The van der Waals surface area contributed by atoms with Gasteiger partial charge in [0.2, 0.25) is 11.8 Å². The Bertz CT molecular complexity index is 349. The van der Waals surface area contributed by atoms with Crippen molar-refractivity contribution in [3.05, 3.63) is 12.3 Å². The van der Waals surface area contributed by atoms with E-state index in [-0.39, 0.29) is 30.0 Å². The average Bonchev–Trinajstić information content (AvgIpc) is 2.24. The van der Waals surface area contributed by atoms with Crippen molar-refractivity contribution in [1.82, 2.24) is 9.97 Å². The number of anilines is 1. The molecule has 0 spiro atoms. The summed E-state index contributed by atoms with van der Waals surface area (Å²) in [5.74, 6) is 0.568. The lowest BCUT2D eigenvalue weighted by atomic mass is 10.6. The third kappa shape index (κ3) is 6.20. The van der Waals surface area contributed by atoms with E-state index in [1.807, 2.05) is 6.92 Å². The minimum atomic E-state index is -4.20. The van der Waals surface area contributed by atoms with E-state index in [1.54, 1.807) is 6.07 Å². The Balaban J connectivity index is 2.34. The monoisotopic (exact) mass is 267 g/mol. The summed E-state index contributed by atoms with van der Waals surface area (Å²) in [4.78, 5) is 7.82. The number of hydrogen-bond acceptors (Lipinski definition) is 5. The van der Waals surface area contributed by atoms with Gasteiger partial charge in [-0.1, -0.05) is 0 Å². The molecule has 0 saturated heterocycles. The van der Waals surface area contributed by atoms with Crippen LogP contribution in [0.4, 0.5) is 19.1 Å². The predicted octanol–water partition coefficient (Wildman–Crippen LogP) is 2.54. The molecule has 1 heterocycles. The Morgan fingerprint density at radius 3 is 2.88 bits per heavy atom. The van der Waals surface area contributed by atoms with Crippen LogP contribution in [0.3, 0.4) is 0 Å². The van der Waals surface area contributed by atoms with Crippen molar-refractivity contribution in [2.75, 3.05) is 24.2 Å². The maximum atomic E-state index is 11.8. The van der Waals surface area contributed by atoms with Crippen LogP contribution in [0.15, 0.2) is 12.3 Å². The molecule has 1 aromatic heterocycles. The molecule has 17 heavy (non-hydrogen) atoms. The number of halogens is 3. The maximum Gasteiger partial charge on any atom is 0.441 e. The highest BCUT2D eigenvalue weighted by Gasteiger charge is 2.27. The first-order valence-corrected chi connectivity index (χ1v) is 5.90. The second-order valence-electron chi connectivity index (χ2n) is 2.87. The van der Waals surface area contributed by atoms with Crippen molar-refractivity contribution in [3.63, 3.8) is 0 Å². The van der Waals surface area contributed by atoms with Gasteiger partial charge < -0.3 is 10.1 Å². The van der Waals surface area contributed by atoms with Crippen LogP contribution in [0.5, 0.6) is 5.88 Å². The van der Waals surface area contributed by atoms with Crippen molar-refractivity contribution >= 4 is 17.7 Å². The van der Waals surface area contributed by atoms with Crippen molar-refractivity contribution < 1.29 is 17.9 Å². The molecule has 0 atom stereocenters. The topological polar surface area (TPSA) is 47.0 Å². The first kappa shape index (κ1) is 13.9. The molecule has 0 aromatic carbocycles. The molecule has 0 unspecified atom stereocenters. The van der Waals surface area contributed by atoms with Crippen LogP contribution in [0.25, 0.3) is 0 Å². The van der Waals surface area contributed by atoms with Gasteiger partial charge in [0.05, 0.1) is 6.61 Å². The summed E-state index contributed by atoms with van der Waals surface area (Å²) >= 11 is -0.0820. The summed E-state index contributed by atoms with van der Waals surface area (Å²) in [5.41, 5.74) is -4.20. The molecule has 1 rings (SSSR count). The molecule has 8 heteroatoms. The van der Waals surface area contributed by atoms with Gasteiger partial charge in [0.15, 0.2) is 0 Å². The zero-order valence-electron chi connectivity index (χ0n) is 9.12. The van der Waals surface area contributed by atoms with Gasteiger partial charge in [-0.15, -0.1) is 0 Å². The average molecular weight is 267 g/mol. The molecule has 0 radical (unpaired) electrons. The Morgan fingerprint density at radius 2 is 2.24 bits per heavy atom. The van der Waals surface area contributed by atoms with Crippen LogP contribution in [0, 0.1) is 0 Å². The lowest BCUT2D eigenvalue weighted by molar-refractivity contribution is -0.0327. The van der Waals surface area contributed by atoms with E-state index in [0.717, 1.165) is 0 Å². The quantitative estimate of drug-likeness (QED) is 0.803. The molecule has 1 N–H and O–H groups in total. The first-order valence-electron chi connectivity index (χ1n) is 4.91. The standard InChI is InChI=1S/C9H12F3N3OS/c1-2-16-7-3-4-13-8(15-7)14-5-6-17-9(10,11)12/h3-4H,2,5-6H2,1H3,(H,13,14,15). The Labute approximate surface area is 101 Å². The lowest BCUT2D eigenvalue weighted by Crippen LogP contribution is -2.11. The number of rotatable bonds is 6. The van der Waals surface area contributed by atoms with E-state index in [9.17, 15) is 13.2 Å². The summed E-state index contributed by atoms with van der Waals surface area (Å²) in [7, 11) is 0. The molecule has 1 aromatic rings. The molecule has 0 saturated carbocycles. The third-order valence-corrected chi connectivity index (χ3v) is 2.31. The van der Waals surface area contributed by atoms with E-state index in [1.165, 1.54) is 6.20 Å². The smallest absolute Gasteiger partial charge is 0.441 e. The molecular formula is C9H12F3N3OS. The predicted molar refractivity (Wildman–Crippen MR) is 60.2 cm³/mol. The van der Waals surface area contributed by atoms with Crippen LogP contribution in [-0.2, 0) is 0 Å². The fraction of sp³-hybridized carbons (Fsp3) is 0.556. The molecule has 0 aliphatic heterocycles. The van der Waals surface area contributed by atoms with Crippen molar-refractivity contribution in [3.8, 4) is 5.88 Å². The summed E-state index contributed by atoms with van der Waals surface area (Å²) in [5, 5.41) is 2.69. The van der Waals surface area contributed by atoms with Gasteiger partial charge in [0.25, 0.3) is 0 Å². The van der Waals surface area contributed by atoms with E-state index < -0.39 is 5.51 Å². The van der Waals surface area contributed by atoms with Crippen molar-refractivity contribution in [1.29, 1.82) is 0 Å². The summed E-state index contributed by atoms with van der Waals surface area (Å²) in [6.45, 7) is 2.43. The molecule has 0 bridgehead atoms. The number of aromatic nitrogens is 2. The highest BCUT2D eigenvalue weighted by Crippen LogP contribution is 2.29. The van der Waals surface area contributed by atoms with Gasteiger partial charge >= 0.3 is 5.51 Å². The Kier molecular flexibility index (Phi) is 5.33. The molecule has 4 nitrogen and oxygen atoms in total. The summed E-state index contributed by atoms with van der Waals surface area (Å²) in [6.07, 6.45) is 1.48. The first-order chi connectivity index (χ1) is 8.01. The van der Waals surface area contributed by atoms with Gasteiger partial charge in [-0.25, -0.2) is 4.98 Å². The van der Waals surface area contributed by atoms with E-state index >= 15 is 0 Å². The van der Waals surface area contributed by atoms with Gasteiger partial charge in [-0.2, -0.15) is 18.2 Å². The van der Waals surface area contributed by atoms with Crippen LogP contribution >= 0.6 is 11.8 Å². The van der Waals surface area contributed by atoms with Crippen LogP contribution in [0.2, 0.25) is 0 Å². The molecule has 0 fully saturated rings. The van der Waals surface area contributed by atoms with Gasteiger partial charge in [0, 0.05) is 24.6 Å². The number of ether oxygens (including phenoxy) is 1. The SMILES string of the molecule is CCOc1ccnc(NCCSC(F)(F)F)n1. The minimum absolute atomic E-state index is 0.0820. The maximum absolute atomic E-state index is 11.8. The molecule has 0 aliphatic rings. The van der Waals surface area contributed by atoms with Crippen LogP contribution in [0.1, 0.15) is 6.92 Å². The second-order valence-corrected chi connectivity index (χ2v) is 4.03. The minimum Gasteiger partial charge on any atom is -0.478 e. The second kappa shape index (κ2) is 6.53. The largest absolute Gasteiger partial charge is 0.478 e. The van der Waals surface area contributed by atoms with Crippen LogP contribution < -0.4 is 10.1 Å². The fourth-order valence-corrected chi connectivity index (χ4v) is 1.42. The number of nitrogens with one attached hydrogen (secondary N) is 1. The van der Waals surface area contributed by atoms with Crippen LogP contribution in [-0.4, -0.2) is 34.4 Å². The summed E-state index contributed by atoms with van der Waals surface area (Å²) in [6, 6.07) is 1.58. The molecule has 0 amide bonds. The third-order valence-electron chi connectivity index (χ3n) is 1.57. The normalized spacial score (nSPS) is 11.3. The van der Waals surface area contributed by atoms with Gasteiger partial charge in [-0.3, -0.25) is 0 Å². The van der Waals surface area contributed by atoms with Gasteiger partial charge in [-0.05, 0) is 18.7 Å². The van der Waals surface area contributed by atoms with E-state index in [2.05, 4.69) is 15.3 Å². The molecule has 96 valence electrons. The van der Waals surface area contributed by atoms with Gasteiger partial charge in [0.1, 0.15) is 0 Å². The van der Waals surface area contributed by atoms with Crippen molar-refractivity contribution in [2.24, 2.45) is 0 Å². The summed E-state index contributed by atoms with van der Waals surface area (Å²) < 4.78 is 40.6.